The van der Waals surface area contributed by atoms with Gasteiger partial charge in [0, 0.05) is 5.92 Å². The summed E-state index contributed by atoms with van der Waals surface area (Å²) >= 11 is 8.46. The molecule has 6 nitrogen and oxygen atoms in total. The summed E-state index contributed by atoms with van der Waals surface area (Å²) in [5.74, 6) is -0.255. The van der Waals surface area contributed by atoms with Crippen LogP contribution in [-0.2, 0) is 9.59 Å². The van der Waals surface area contributed by atoms with Crippen LogP contribution in [0.25, 0.3) is 0 Å². The van der Waals surface area contributed by atoms with E-state index in [-0.39, 0.29) is 23.5 Å². The molecular formula is C14H15ClN4O2S2. The molecular weight excluding hydrogens is 356 g/mol. The number of nitrogens with zero attached hydrogens (tertiary/aromatic N) is 2. The Hall–Kier alpha value is -1.64. The highest BCUT2D eigenvalue weighted by Crippen LogP contribution is 2.26. The maximum Gasteiger partial charge on any atom is 0.234 e. The fraction of sp³-hybridized carbons (Fsp3) is 0.286. The first kappa shape index (κ1) is 17.7. The van der Waals surface area contributed by atoms with Gasteiger partial charge in [0.25, 0.3) is 0 Å². The van der Waals surface area contributed by atoms with Gasteiger partial charge in [0.15, 0.2) is 4.34 Å². The van der Waals surface area contributed by atoms with Crippen molar-refractivity contribution in [1.29, 1.82) is 0 Å². The molecule has 0 spiro atoms. The van der Waals surface area contributed by atoms with Gasteiger partial charge in [-0.1, -0.05) is 60.7 Å². The summed E-state index contributed by atoms with van der Waals surface area (Å²) in [4.78, 5) is 23.5. The first-order chi connectivity index (χ1) is 11.0. The molecule has 9 heteroatoms. The molecule has 1 aromatic carbocycles. The van der Waals surface area contributed by atoms with Crippen molar-refractivity contribution < 1.29 is 9.59 Å². The second kappa shape index (κ2) is 8.28. The van der Waals surface area contributed by atoms with Gasteiger partial charge in [0.1, 0.15) is 0 Å². The number of hydrogen-bond donors (Lipinski definition) is 2. The van der Waals surface area contributed by atoms with Crippen molar-refractivity contribution in [1.82, 2.24) is 10.2 Å². The van der Waals surface area contributed by atoms with Crippen LogP contribution in [-0.4, -0.2) is 27.8 Å². The van der Waals surface area contributed by atoms with Crippen molar-refractivity contribution in [3.8, 4) is 0 Å². The van der Waals surface area contributed by atoms with Gasteiger partial charge in [-0.25, -0.2) is 0 Å². The minimum atomic E-state index is -0.189. The number of amides is 2. The van der Waals surface area contributed by atoms with Crippen molar-refractivity contribution in [3.63, 3.8) is 0 Å². The zero-order chi connectivity index (χ0) is 16.8. The summed E-state index contributed by atoms with van der Waals surface area (Å²) < 4.78 is 0.610. The zero-order valence-electron chi connectivity index (χ0n) is 12.5. The normalized spacial score (nSPS) is 10.6. The van der Waals surface area contributed by atoms with Crippen LogP contribution in [0.1, 0.15) is 13.8 Å². The van der Waals surface area contributed by atoms with Gasteiger partial charge < -0.3 is 10.6 Å². The molecule has 2 aromatic rings. The molecule has 2 amide bonds. The maximum absolute atomic E-state index is 11.9. The minimum Gasteiger partial charge on any atom is -0.324 e. The van der Waals surface area contributed by atoms with E-state index in [0.717, 1.165) is 0 Å². The van der Waals surface area contributed by atoms with Crippen LogP contribution in [0.15, 0.2) is 28.6 Å². The molecule has 0 saturated heterocycles. The van der Waals surface area contributed by atoms with E-state index >= 15 is 0 Å². The van der Waals surface area contributed by atoms with Crippen molar-refractivity contribution in [2.45, 2.75) is 18.2 Å². The number of anilines is 2. The number of rotatable bonds is 6. The third-order valence-electron chi connectivity index (χ3n) is 2.64. The van der Waals surface area contributed by atoms with Crippen molar-refractivity contribution in [3.05, 3.63) is 29.3 Å². The molecule has 0 unspecified atom stereocenters. The third kappa shape index (κ3) is 5.49. The smallest absolute Gasteiger partial charge is 0.234 e. The topological polar surface area (TPSA) is 84.0 Å². The molecule has 2 N–H and O–H groups in total. The lowest BCUT2D eigenvalue weighted by atomic mass is 10.2. The Morgan fingerprint density at radius 1 is 1.26 bits per heavy atom. The average molecular weight is 371 g/mol. The molecule has 0 radical (unpaired) electrons. The van der Waals surface area contributed by atoms with Crippen LogP contribution < -0.4 is 10.6 Å². The molecule has 1 aromatic heterocycles. The number of thioether (sulfide) groups is 1. The van der Waals surface area contributed by atoms with E-state index in [2.05, 4.69) is 20.8 Å². The Labute approximate surface area is 147 Å². The van der Waals surface area contributed by atoms with E-state index in [4.69, 9.17) is 11.6 Å². The number of nitrogens with one attached hydrogen (secondary N) is 2. The van der Waals surface area contributed by atoms with E-state index in [0.29, 0.717) is 20.2 Å². The Kier molecular flexibility index (Phi) is 6.37. The minimum absolute atomic E-state index is 0.117. The summed E-state index contributed by atoms with van der Waals surface area (Å²) in [6.45, 7) is 3.59. The molecule has 23 heavy (non-hydrogen) atoms. The lowest BCUT2D eigenvalue weighted by Gasteiger charge is -2.05. The van der Waals surface area contributed by atoms with E-state index < -0.39 is 0 Å². The molecule has 122 valence electrons. The standard InChI is InChI=1S/C14H15ClN4O2S2/c1-8(2)12(21)17-13-18-19-14(23-13)22-7-11(20)16-10-6-4-3-5-9(10)15/h3-6,8H,7H2,1-2H3,(H,16,20)(H,17,18,21). The molecule has 0 aliphatic heterocycles. The molecule has 0 atom stereocenters. The van der Waals surface area contributed by atoms with Gasteiger partial charge in [-0.3, -0.25) is 9.59 Å². The van der Waals surface area contributed by atoms with Crippen LogP contribution in [0.2, 0.25) is 5.02 Å². The number of carbonyl (C=O) groups excluding carboxylic acids is 2. The Morgan fingerprint density at radius 3 is 2.70 bits per heavy atom. The Morgan fingerprint density at radius 2 is 2.00 bits per heavy atom. The van der Waals surface area contributed by atoms with Gasteiger partial charge >= 0.3 is 0 Å². The molecule has 0 aliphatic rings. The number of aromatic nitrogens is 2. The summed E-state index contributed by atoms with van der Waals surface area (Å²) in [6.07, 6.45) is 0. The van der Waals surface area contributed by atoms with Crippen molar-refractivity contribution in [2.24, 2.45) is 5.92 Å². The highest BCUT2D eigenvalue weighted by atomic mass is 35.5. The Bertz CT molecular complexity index is 706. The fourth-order valence-electron chi connectivity index (χ4n) is 1.44. The molecule has 2 rings (SSSR count). The average Bonchev–Trinajstić information content (AvgIpc) is 2.95. The second-order valence-corrected chi connectivity index (χ2v) is 7.44. The fourth-order valence-corrected chi connectivity index (χ4v) is 3.18. The summed E-state index contributed by atoms with van der Waals surface area (Å²) in [5, 5.41) is 14.1. The highest BCUT2D eigenvalue weighted by molar-refractivity contribution is 8.01. The molecule has 0 aliphatic carbocycles. The van der Waals surface area contributed by atoms with E-state index in [9.17, 15) is 9.59 Å². The van der Waals surface area contributed by atoms with Crippen LogP contribution >= 0.6 is 34.7 Å². The molecule has 0 saturated carbocycles. The van der Waals surface area contributed by atoms with Crippen LogP contribution in [0.3, 0.4) is 0 Å². The number of halogens is 1. The van der Waals surface area contributed by atoms with Crippen LogP contribution in [0.4, 0.5) is 10.8 Å². The number of para-hydroxylation sites is 1. The van der Waals surface area contributed by atoms with Gasteiger partial charge in [0.2, 0.25) is 16.9 Å². The number of benzene rings is 1. The maximum atomic E-state index is 11.9. The van der Waals surface area contributed by atoms with Crippen LogP contribution in [0, 0.1) is 5.92 Å². The van der Waals surface area contributed by atoms with Gasteiger partial charge in [0.05, 0.1) is 16.5 Å². The van der Waals surface area contributed by atoms with Crippen molar-refractivity contribution in [2.75, 3.05) is 16.4 Å². The van der Waals surface area contributed by atoms with E-state index in [1.165, 1.54) is 23.1 Å². The number of hydrogen-bond acceptors (Lipinski definition) is 6. The van der Waals surface area contributed by atoms with Crippen LogP contribution in [0.5, 0.6) is 0 Å². The first-order valence-electron chi connectivity index (χ1n) is 6.77. The third-order valence-corrected chi connectivity index (χ3v) is 4.94. The van der Waals surface area contributed by atoms with E-state index in [1.807, 2.05) is 0 Å². The lowest BCUT2D eigenvalue weighted by Crippen LogP contribution is -2.17. The predicted octanol–water partition coefficient (Wildman–Crippen LogP) is 3.52. The zero-order valence-corrected chi connectivity index (χ0v) is 14.9. The van der Waals surface area contributed by atoms with Crippen molar-refractivity contribution >= 4 is 57.3 Å². The summed E-state index contributed by atoms with van der Waals surface area (Å²) in [6, 6.07) is 7.03. The number of carbonyl (C=O) groups is 2. The Balaban J connectivity index is 1.84. The molecule has 0 fully saturated rings. The van der Waals surface area contributed by atoms with Gasteiger partial charge in [-0.2, -0.15) is 0 Å². The van der Waals surface area contributed by atoms with Gasteiger partial charge in [-0.05, 0) is 12.1 Å². The lowest BCUT2D eigenvalue weighted by molar-refractivity contribution is -0.119. The monoisotopic (exact) mass is 370 g/mol. The summed E-state index contributed by atoms with van der Waals surface area (Å²) in [7, 11) is 0. The predicted molar refractivity (Wildman–Crippen MR) is 94.2 cm³/mol. The SMILES string of the molecule is CC(C)C(=O)Nc1nnc(SCC(=O)Nc2ccccc2Cl)s1. The summed E-state index contributed by atoms with van der Waals surface area (Å²) in [5.41, 5.74) is 0.571. The largest absolute Gasteiger partial charge is 0.324 e. The quantitative estimate of drug-likeness (QED) is 0.600. The van der Waals surface area contributed by atoms with E-state index in [1.54, 1.807) is 38.1 Å². The molecule has 1 heterocycles. The molecule has 0 bridgehead atoms. The highest BCUT2D eigenvalue weighted by Gasteiger charge is 2.13. The first-order valence-corrected chi connectivity index (χ1v) is 8.95. The second-order valence-electron chi connectivity index (χ2n) is 4.83. The van der Waals surface area contributed by atoms with Gasteiger partial charge in [-0.15, -0.1) is 10.2 Å².